The zero-order chi connectivity index (χ0) is 8.27. The summed E-state index contributed by atoms with van der Waals surface area (Å²) in [5.41, 5.74) is 1.20. The molecular formula is C8H4INO. The molecule has 54 valence electrons. The highest BCUT2D eigenvalue weighted by molar-refractivity contribution is 14.1. The number of hydrogen-bond acceptors (Lipinski definition) is 1. The van der Waals surface area contributed by atoms with Crippen LogP contribution in [-0.4, -0.2) is 3.79 Å². The summed E-state index contributed by atoms with van der Waals surface area (Å²) in [4.78, 5) is 14.0. The van der Waals surface area contributed by atoms with Gasteiger partial charge in [0.25, 0.3) is 0 Å². The highest BCUT2D eigenvalue weighted by Gasteiger charge is 1.98. The third-order valence-corrected chi connectivity index (χ3v) is 1.85. The van der Waals surface area contributed by atoms with Crippen LogP contribution < -0.4 is 0 Å². The molecule has 0 aliphatic rings. The standard InChI is InChI=1S/C8H4INO/c1-10-7-4-2-6(3-5-7)8(9)11/h2-5H. The van der Waals surface area contributed by atoms with E-state index in [0.717, 1.165) is 0 Å². The van der Waals surface area contributed by atoms with Crippen LogP contribution in [0.2, 0.25) is 0 Å². The first-order valence-electron chi connectivity index (χ1n) is 2.91. The summed E-state index contributed by atoms with van der Waals surface area (Å²) in [6, 6.07) is 6.59. The third kappa shape index (κ3) is 2.02. The maximum Gasteiger partial charge on any atom is 0.222 e. The van der Waals surface area contributed by atoms with Crippen LogP contribution in [0.5, 0.6) is 0 Å². The summed E-state index contributed by atoms with van der Waals surface area (Å²) >= 11 is 1.72. The van der Waals surface area contributed by atoms with E-state index in [1.165, 1.54) is 0 Å². The molecular weight excluding hydrogens is 253 g/mol. The van der Waals surface area contributed by atoms with Gasteiger partial charge in [-0.15, -0.1) is 0 Å². The van der Waals surface area contributed by atoms with E-state index in [4.69, 9.17) is 6.57 Å². The van der Waals surface area contributed by atoms with E-state index in [0.29, 0.717) is 11.3 Å². The Morgan fingerprint density at radius 3 is 2.27 bits per heavy atom. The molecule has 1 aromatic carbocycles. The second-order valence-electron chi connectivity index (χ2n) is 1.93. The normalized spacial score (nSPS) is 8.73. The summed E-state index contributed by atoms with van der Waals surface area (Å²) in [5.74, 6) is 0. The first-order chi connectivity index (χ1) is 5.24. The van der Waals surface area contributed by atoms with Gasteiger partial charge in [0.05, 0.1) is 6.57 Å². The van der Waals surface area contributed by atoms with Crippen molar-refractivity contribution in [1.82, 2.24) is 0 Å². The van der Waals surface area contributed by atoms with E-state index in [1.807, 2.05) is 0 Å². The number of carbonyl (C=O) groups is 1. The average Bonchev–Trinajstić information content (AvgIpc) is 2.05. The van der Waals surface area contributed by atoms with Gasteiger partial charge in [-0.1, -0.05) is 24.3 Å². The SMILES string of the molecule is [C-]#[N+]c1ccc(C(=O)I)cc1. The molecule has 0 aliphatic carbocycles. The first-order valence-corrected chi connectivity index (χ1v) is 3.99. The van der Waals surface area contributed by atoms with Gasteiger partial charge >= 0.3 is 0 Å². The molecule has 3 heteroatoms. The molecule has 0 aromatic heterocycles. The van der Waals surface area contributed by atoms with Crippen molar-refractivity contribution in [1.29, 1.82) is 0 Å². The van der Waals surface area contributed by atoms with Gasteiger partial charge in [0.1, 0.15) is 0 Å². The van der Waals surface area contributed by atoms with Crippen molar-refractivity contribution in [2.45, 2.75) is 0 Å². The molecule has 0 radical (unpaired) electrons. The van der Waals surface area contributed by atoms with Crippen molar-refractivity contribution in [3.05, 3.63) is 41.2 Å². The molecule has 1 aromatic rings. The number of benzene rings is 1. The van der Waals surface area contributed by atoms with Crippen LogP contribution in [0.4, 0.5) is 5.69 Å². The lowest BCUT2D eigenvalue weighted by Gasteiger charge is -1.91. The zero-order valence-electron chi connectivity index (χ0n) is 5.54. The number of halogens is 1. The third-order valence-electron chi connectivity index (χ3n) is 1.22. The molecule has 0 saturated carbocycles. The number of carbonyl (C=O) groups excluding carboxylic acids is 1. The maximum atomic E-state index is 10.8. The van der Waals surface area contributed by atoms with Crippen molar-refractivity contribution in [3.63, 3.8) is 0 Å². The van der Waals surface area contributed by atoms with Gasteiger partial charge in [0, 0.05) is 28.2 Å². The highest BCUT2D eigenvalue weighted by atomic mass is 127. The molecule has 11 heavy (non-hydrogen) atoms. The van der Waals surface area contributed by atoms with Crippen molar-refractivity contribution in [2.75, 3.05) is 0 Å². The van der Waals surface area contributed by atoms with Gasteiger partial charge in [-0.05, 0) is 0 Å². The second-order valence-corrected chi connectivity index (χ2v) is 2.91. The molecule has 0 amide bonds. The molecule has 0 bridgehead atoms. The first kappa shape index (κ1) is 8.21. The summed E-state index contributed by atoms with van der Waals surface area (Å²) in [7, 11) is 0. The topological polar surface area (TPSA) is 21.4 Å². The van der Waals surface area contributed by atoms with E-state index in [1.54, 1.807) is 46.9 Å². The van der Waals surface area contributed by atoms with E-state index < -0.39 is 0 Å². The molecule has 0 heterocycles. The molecule has 0 N–H and O–H groups in total. The largest absolute Gasteiger partial charge is 0.282 e. The van der Waals surface area contributed by atoms with Crippen LogP contribution in [0.1, 0.15) is 10.4 Å². The predicted molar refractivity (Wildman–Crippen MR) is 51.1 cm³/mol. The fourth-order valence-corrected chi connectivity index (χ4v) is 1.03. The molecule has 0 spiro atoms. The fourth-order valence-electron chi connectivity index (χ4n) is 0.667. The molecule has 0 atom stereocenters. The van der Waals surface area contributed by atoms with Crippen LogP contribution in [0.25, 0.3) is 4.85 Å². The Kier molecular flexibility index (Phi) is 2.60. The monoisotopic (exact) mass is 257 g/mol. The number of rotatable bonds is 1. The summed E-state index contributed by atoms with van der Waals surface area (Å²) in [6.07, 6.45) is 0. The Balaban J connectivity index is 3.03. The maximum absolute atomic E-state index is 10.8. The van der Waals surface area contributed by atoms with Gasteiger partial charge in [-0.2, -0.15) is 0 Å². The second kappa shape index (κ2) is 3.49. The van der Waals surface area contributed by atoms with E-state index in [2.05, 4.69) is 4.85 Å². The Bertz CT molecular complexity index is 310. The van der Waals surface area contributed by atoms with Crippen molar-refractivity contribution >= 4 is 32.1 Å². The van der Waals surface area contributed by atoms with Crippen molar-refractivity contribution < 1.29 is 4.79 Å². The van der Waals surface area contributed by atoms with Crippen LogP contribution >= 0.6 is 22.6 Å². The Morgan fingerprint density at radius 2 is 1.91 bits per heavy atom. The van der Waals surface area contributed by atoms with E-state index in [9.17, 15) is 4.79 Å². The Hall–Kier alpha value is -0.890. The molecule has 0 fully saturated rings. The fraction of sp³-hybridized carbons (Fsp3) is 0. The minimum absolute atomic E-state index is 0.000805. The minimum Gasteiger partial charge on any atom is -0.282 e. The number of nitrogens with zero attached hydrogens (tertiary/aromatic N) is 1. The summed E-state index contributed by atoms with van der Waals surface area (Å²) in [5, 5.41) is 0. The Morgan fingerprint density at radius 1 is 1.36 bits per heavy atom. The molecule has 2 nitrogen and oxygen atoms in total. The van der Waals surface area contributed by atoms with Crippen LogP contribution in [0, 0.1) is 6.57 Å². The smallest absolute Gasteiger partial charge is 0.222 e. The summed E-state index contributed by atoms with van der Waals surface area (Å²) < 4.78 is -0.000805. The minimum atomic E-state index is -0.000805. The lowest BCUT2D eigenvalue weighted by atomic mass is 10.2. The van der Waals surface area contributed by atoms with Crippen molar-refractivity contribution in [2.24, 2.45) is 0 Å². The zero-order valence-corrected chi connectivity index (χ0v) is 7.70. The van der Waals surface area contributed by atoms with Crippen LogP contribution in [0.3, 0.4) is 0 Å². The average molecular weight is 257 g/mol. The molecule has 0 unspecified atom stereocenters. The lowest BCUT2D eigenvalue weighted by molar-refractivity contribution is 0.110. The quantitative estimate of drug-likeness (QED) is 0.430. The van der Waals surface area contributed by atoms with Crippen LogP contribution in [-0.2, 0) is 0 Å². The Labute approximate surface area is 78.2 Å². The molecule has 0 saturated heterocycles. The van der Waals surface area contributed by atoms with E-state index >= 15 is 0 Å². The van der Waals surface area contributed by atoms with Gasteiger partial charge in [-0.3, -0.25) is 4.79 Å². The van der Waals surface area contributed by atoms with Gasteiger partial charge < -0.3 is 0 Å². The highest BCUT2D eigenvalue weighted by Crippen LogP contribution is 2.14. The molecule has 1 rings (SSSR count). The van der Waals surface area contributed by atoms with Gasteiger partial charge in [-0.25, -0.2) is 4.85 Å². The lowest BCUT2D eigenvalue weighted by Crippen LogP contribution is -1.84. The predicted octanol–water partition coefficient (Wildman–Crippen LogP) is 2.81. The van der Waals surface area contributed by atoms with E-state index in [-0.39, 0.29) is 3.79 Å². The van der Waals surface area contributed by atoms with Crippen molar-refractivity contribution in [3.8, 4) is 0 Å². The molecule has 0 aliphatic heterocycles. The van der Waals surface area contributed by atoms with Gasteiger partial charge in [0.2, 0.25) is 3.79 Å². The summed E-state index contributed by atoms with van der Waals surface area (Å²) in [6.45, 7) is 6.66. The van der Waals surface area contributed by atoms with Gasteiger partial charge in [0.15, 0.2) is 5.69 Å². The van der Waals surface area contributed by atoms with Crippen LogP contribution in [0.15, 0.2) is 24.3 Å². The number of hydrogen-bond donors (Lipinski definition) is 0.